The van der Waals surface area contributed by atoms with Crippen molar-refractivity contribution in [2.45, 2.75) is 13.8 Å². The number of halogens is 1. The van der Waals surface area contributed by atoms with Crippen LogP contribution in [0.1, 0.15) is 21.5 Å². The van der Waals surface area contributed by atoms with Crippen molar-refractivity contribution in [1.82, 2.24) is 0 Å². The van der Waals surface area contributed by atoms with Gasteiger partial charge in [-0.1, -0.05) is 33.6 Å². The molecule has 0 aromatic heterocycles. The molecular weight excluding hydrogens is 244 g/mol. The zero-order valence-electron chi connectivity index (χ0n) is 8.13. The number of aryl methyl sites for hydroxylation is 2. The summed E-state index contributed by atoms with van der Waals surface area (Å²) in [6.45, 7) is 3.73. The molecule has 0 heterocycles. The maximum Gasteiger partial charge on any atom is 0.229 e. The monoisotopic (exact) mass is 254 g/mol. The molecule has 0 aliphatic carbocycles. The average Bonchev–Trinajstić information content (AvgIpc) is 2.19. The van der Waals surface area contributed by atoms with Gasteiger partial charge in [-0.05, 0) is 25.5 Å². The molecule has 0 fully saturated rings. The van der Waals surface area contributed by atoms with Crippen LogP contribution in [0.15, 0.2) is 18.2 Å². The zero-order valence-corrected chi connectivity index (χ0v) is 9.72. The van der Waals surface area contributed by atoms with Crippen molar-refractivity contribution in [1.29, 1.82) is 0 Å². The fourth-order valence-corrected chi connectivity index (χ4v) is 1.45. The number of hydrogen-bond donors (Lipinski definition) is 0. The Morgan fingerprint density at radius 3 is 2.50 bits per heavy atom. The Bertz CT molecular complexity index is 383. The van der Waals surface area contributed by atoms with Crippen molar-refractivity contribution in [3.63, 3.8) is 0 Å². The Morgan fingerprint density at radius 1 is 1.29 bits per heavy atom. The first-order valence-electron chi connectivity index (χ1n) is 4.27. The quantitative estimate of drug-likeness (QED) is 0.472. The van der Waals surface area contributed by atoms with Crippen molar-refractivity contribution < 1.29 is 9.59 Å². The molecule has 2 nitrogen and oxygen atoms in total. The Kier molecular flexibility index (Phi) is 3.58. The van der Waals surface area contributed by atoms with Gasteiger partial charge in [-0.2, -0.15) is 0 Å². The number of alkyl halides is 1. The summed E-state index contributed by atoms with van der Waals surface area (Å²) in [6, 6.07) is 5.52. The predicted octanol–water partition coefficient (Wildman–Crippen LogP) is 2.45. The second kappa shape index (κ2) is 4.51. The predicted molar refractivity (Wildman–Crippen MR) is 59.0 cm³/mol. The van der Waals surface area contributed by atoms with Crippen LogP contribution in [0.5, 0.6) is 0 Å². The third-order valence-corrected chi connectivity index (χ3v) is 2.52. The average molecular weight is 255 g/mol. The molecule has 3 heteroatoms. The standard InChI is InChI=1S/C11H11BrO2/c1-7-3-4-8(2)9(5-7)11(14)10(13)6-12/h3-5H,6H2,1-2H3. The second-order valence-corrected chi connectivity index (χ2v) is 3.77. The summed E-state index contributed by atoms with van der Waals surface area (Å²) in [6.07, 6.45) is 0. The molecule has 0 amide bonds. The lowest BCUT2D eigenvalue weighted by atomic mass is 10.0. The van der Waals surface area contributed by atoms with Crippen molar-refractivity contribution >= 4 is 27.5 Å². The summed E-state index contributed by atoms with van der Waals surface area (Å²) in [5.74, 6) is -0.818. The maximum absolute atomic E-state index is 11.6. The number of Topliss-reactive ketones (excluding diaryl/α,β-unsaturated/α-hetero) is 2. The van der Waals surface area contributed by atoms with Crippen LogP contribution < -0.4 is 0 Å². The number of benzene rings is 1. The molecule has 0 saturated heterocycles. The summed E-state index contributed by atoms with van der Waals surface area (Å²) >= 11 is 2.99. The first kappa shape index (κ1) is 11.1. The smallest absolute Gasteiger partial charge is 0.229 e. The lowest BCUT2D eigenvalue weighted by Crippen LogP contribution is -2.16. The van der Waals surface area contributed by atoms with E-state index in [0.29, 0.717) is 5.56 Å². The number of carbonyl (C=O) groups excluding carboxylic acids is 2. The van der Waals surface area contributed by atoms with Gasteiger partial charge in [0, 0.05) is 5.56 Å². The van der Waals surface area contributed by atoms with Crippen LogP contribution in [0.3, 0.4) is 0 Å². The third kappa shape index (κ3) is 2.29. The Morgan fingerprint density at radius 2 is 1.93 bits per heavy atom. The van der Waals surface area contributed by atoms with E-state index in [1.807, 2.05) is 26.0 Å². The summed E-state index contributed by atoms with van der Waals surface area (Å²) in [7, 11) is 0. The highest BCUT2D eigenvalue weighted by Gasteiger charge is 2.16. The molecule has 1 rings (SSSR count). The number of hydrogen-bond acceptors (Lipinski definition) is 2. The molecule has 14 heavy (non-hydrogen) atoms. The van der Waals surface area contributed by atoms with Gasteiger partial charge < -0.3 is 0 Å². The fourth-order valence-electron chi connectivity index (χ4n) is 1.19. The van der Waals surface area contributed by atoms with Crippen LogP contribution in [0.25, 0.3) is 0 Å². The molecule has 0 aliphatic heterocycles. The van der Waals surface area contributed by atoms with E-state index in [9.17, 15) is 9.59 Å². The van der Waals surface area contributed by atoms with Gasteiger partial charge in [0.25, 0.3) is 0 Å². The van der Waals surface area contributed by atoms with Gasteiger partial charge in [0.05, 0.1) is 5.33 Å². The van der Waals surface area contributed by atoms with Crippen molar-refractivity contribution in [3.8, 4) is 0 Å². The second-order valence-electron chi connectivity index (χ2n) is 3.20. The van der Waals surface area contributed by atoms with Crippen molar-refractivity contribution in [2.24, 2.45) is 0 Å². The highest BCUT2D eigenvalue weighted by molar-refractivity contribution is 9.09. The van der Waals surface area contributed by atoms with E-state index >= 15 is 0 Å². The molecule has 0 N–H and O–H groups in total. The fraction of sp³-hybridized carbons (Fsp3) is 0.273. The van der Waals surface area contributed by atoms with E-state index in [2.05, 4.69) is 15.9 Å². The largest absolute Gasteiger partial charge is 0.290 e. The first-order valence-corrected chi connectivity index (χ1v) is 5.39. The Hall–Kier alpha value is -0.960. The van der Waals surface area contributed by atoms with Gasteiger partial charge in [-0.25, -0.2) is 0 Å². The molecule has 1 aromatic rings. The molecule has 0 radical (unpaired) electrons. The maximum atomic E-state index is 11.6. The van der Waals surface area contributed by atoms with Gasteiger partial charge >= 0.3 is 0 Å². The minimum atomic E-state index is -0.414. The topological polar surface area (TPSA) is 34.1 Å². The SMILES string of the molecule is Cc1ccc(C)c(C(=O)C(=O)CBr)c1. The normalized spacial score (nSPS) is 9.93. The van der Waals surface area contributed by atoms with E-state index < -0.39 is 11.6 Å². The third-order valence-electron chi connectivity index (χ3n) is 2.01. The minimum Gasteiger partial charge on any atom is -0.290 e. The summed E-state index contributed by atoms with van der Waals surface area (Å²) < 4.78 is 0. The first-order chi connectivity index (χ1) is 6.56. The molecule has 1 aromatic carbocycles. The zero-order chi connectivity index (χ0) is 10.7. The van der Waals surface area contributed by atoms with Gasteiger partial charge in [-0.15, -0.1) is 0 Å². The van der Waals surface area contributed by atoms with Gasteiger partial charge in [-0.3, -0.25) is 9.59 Å². The lowest BCUT2D eigenvalue weighted by Gasteiger charge is -2.03. The van der Waals surface area contributed by atoms with Crippen LogP contribution in [0, 0.1) is 13.8 Å². The number of ketones is 2. The van der Waals surface area contributed by atoms with E-state index in [1.54, 1.807) is 6.07 Å². The molecule has 0 unspecified atom stereocenters. The highest BCUT2D eigenvalue weighted by atomic mass is 79.9. The minimum absolute atomic E-state index is 0.0826. The summed E-state index contributed by atoms with van der Waals surface area (Å²) in [5.41, 5.74) is 2.34. The molecule has 0 aliphatic rings. The lowest BCUT2D eigenvalue weighted by molar-refractivity contribution is -0.112. The highest BCUT2D eigenvalue weighted by Crippen LogP contribution is 2.12. The van der Waals surface area contributed by atoms with Crippen molar-refractivity contribution in [2.75, 3.05) is 5.33 Å². The van der Waals surface area contributed by atoms with E-state index in [-0.39, 0.29) is 5.33 Å². The van der Waals surface area contributed by atoms with E-state index in [1.165, 1.54) is 0 Å². The molecule has 0 saturated carbocycles. The number of carbonyl (C=O) groups is 2. The Balaban J connectivity index is 3.12. The van der Waals surface area contributed by atoms with Gasteiger partial charge in [0.1, 0.15) is 0 Å². The summed E-state index contributed by atoms with van der Waals surface area (Å²) in [4.78, 5) is 22.7. The molecule has 0 atom stereocenters. The van der Waals surface area contributed by atoms with Crippen LogP contribution in [0.2, 0.25) is 0 Å². The molecule has 0 spiro atoms. The van der Waals surface area contributed by atoms with Crippen LogP contribution in [-0.2, 0) is 4.79 Å². The van der Waals surface area contributed by atoms with Gasteiger partial charge in [0.15, 0.2) is 0 Å². The van der Waals surface area contributed by atoms with Crippen molar-refractivity contribution in [3.05, 3.63) is 34.9 Å². The van der Waals surface area contributed by atoms with Gasteiger partial charge in [0.2, 0.25) is 11.6 Å². The molecular formula is C11H11BrO2. The Labute approximate surface area is 91.4 Å². The molecule has 0 bridgehead atoms. The van der Waals surface area contributed by atoms with Crippen LogP contribution in [0.4, 0.5) is 0 Å². The number of rotatable bonds is 3. The van der Waals surface area contributed by atoms with E-state index in [4.69, 9.17) is 0 Å². The summed E-state index contributed by atoms with van der Waals surface area (Å²) in [5, 5.41) is 0.0826. The molecule has 74 valence electrons. The van der Waals surface area contributed by atoms with E-state index in [0.717, 1.165) is 11.1 Å². The van der Waals surface area contributed by atoms with Crippen LogP contribution >= 0.6 is 15.9 Å². The van der Waals surface area contributed by atoms with Crippen LogP contribution in [-0.4, -0.2) is 16.9 Å².